The van der Waals surface area contributed by atoms with E-state index in [0.29, 0.717) is 18.6 Å². The highest BCUT2D eigenvalue weighted by Crippen LogP contribution is 2.12. The van der Waals surface area contributed by atoms with Crippen LogP contribution in [-0.4, -0.2) is 49.4 Å². The lowest BCUT2D eigenvalue weighted by molar-refractivity contribution is -0.0184. The molecule has 1 aromatic carbocycles. The van der Waals surface area contributed by atoms with Crippen molar-refractivity contribution in [1.29, 1.82) is 0 Å². The molecule has 0 bridgehead atoms. The second-order valence-electron chi connectivity index (χ2n) is 3.91. The number of carbonyl (C=O) groups excluding carboxylic acids is 1. The maximum atomic E-state index is 11.6. The van der Waals surface area contributed by atoms with Crippen molar-refractivity contribution >= 4 is 18.7 Å². The van der Waals surface area contributed by atoms with Crippen molar-refractivity contribution < 1.29 is 19.2 Å². The summed E-state index contributed by atoms with van der Waals surface area (Å²) in [6, 6.07) is 8.78. The molecule has 1 amide bonds. The van der Waals surface area contributed by atoms with E-state index in [1.165, 1.54) is 4.90 Å². The highest BCUT2D eigenvalue weighted by Gasteiger charge is 2.34. The SMILES string of the molecule is COC1CN(C(=O)OB(O)c2ccccc2)C1. The highest BCUT2D eigenvalue weighted by molar-refractivity contribution is 6.61. The number of amides is 1. The molecule has 0 spiro atoms. The molecule has 1 heterocycles. The molecule has 17 heavy (non-hydrogen) atoms. The zero-order chi connectivity index (χ0) is 12.3. The molecule has 1 aliphatic heterocycles. The average molecular weight is 235 g/mol. The summed E-state index contributed by atoms with van der Waals surface area (Å²) >= 11 is 0. The minimum absolute atomic E-state index is 0.0800. The minimum Gasteiger partial charge on any atom is -0.489 e. The van der Waals surface area contributed by atoms with Crippen LogP contribution < -0.4 is 5.46 Å². The standard InChI is InChI=1S/C11H14BNO4/c1-16-10-7-13(8-10)11(14)17-12(15)9-5-3-2-4-6-9/h2-6,10,15H,7-8H2,1H3. The van der Waals surface area contributed by atoms with Crippen LogP contribution >= 0.6 is 0 Å². The van der Waals surface area contributed by atoms with Crippen molar-refractivity contribution in [3.8, 4) is 0 Å². The van der Waals surface area contributed by atoms with Gasteiger partial charge in [-0.15, -0.1) is 0 Å². The summed E-state index contributed by atoms with van der Waals surface area (Å²) in [4.78, 5) is 13.0. The summed E-state index contributed by atoms with van der Waals surface area (Å²) in [7, 11) is 0.386. The van der Waals surface area contributed by atoms with Crippen LogP contribution in [0.15, 0.2) is 30.3 Å². The van der Waals surface area contributed by atoms with Crippen LogP contribution in [0.3, 0.4) is 0 Å². The van der Waals surface area contributed by atoms with Crippen LogP contribution in [0.25, 0.3) is 0 Å². The van der Waals surface area contributed by atoms with E-state index >= 15 is 0 Å². The molecule has 1 aliphatic rings. The molecular formula is C11H14BNO4. The number of rotatable bonds is 3. The third-order valence-electron chi connectivity index (χ3n) is 2.74. The first-order valence-electron chi connectivity index (χ1n) is 5.42. The van der Waals surface area contributed by atoms with Gasteiger partial charge in [-0.2, -0.15) is 0 Å². The van der Waals surface area contributed by atoms with Gasteiger partial charge in [-0.1, -0.05) is 30.3 Å². The molecule has 0 saturated carbocycles. The fraction of sp³-hybridized carbons (Fsp3) is 0.364. The molecule has 2 rings (SSSR count). The van der Waals surface area contributed by atoms with Gasteiger partial charge in [0.2, 0.25) is 0 Å². The van der Waals surface area contributed by atoms with Gasteiger partial charge in [0.25, 0.3) is 0 Å². The van der Waals surface area contributed by atoms with Gasteiger partial charge in [0.05, 0.1) is 19.2 Å². The Labute approximate surface area is 100 Å². The van der Waals surface area contributed by atoms with Gasteiger partial charge in [0.1, 0.15) is 0 Å². The molecular weight excluding hydrogens is 221 g/mol. The lowest BCUT2D eigenvalue weighted by Gasteiger charge is -2.37. The number of hydrogen-bond acceptors (Lipinski definition) is 4. The number of carbonyl (C=O) groups is 1. The van der Waals surface area contributed by atoms with Gasteiger partial charge >= 0.3 is 13.2 Å². The lowest BCUT2D eigenvalue weighted by atomic mass is 9.80. The Morgan fingerprint density at radius 1 is 1.41 bits per heavy atom. The minimum atomic E-state index is -1.22. The molecule has 0 aliphatic carbocycles. The van der Waals surface area contributed by atoms with Crippen LogP contribution in [0.1, 0.15) is 0 Å². The monoisotopic (exact) mass is 235 g/mol. The Kier molecular flexibility index (Phi) is 3.66. The third kappa shape index (κ3) is 2.78. The molecule has 1 fully saturated rings. The van der Waals surface area contributed by atoms with E-state index in [0.717, 1.165) is 0 Å². The Hall–Kier alpha value is -1.53. The first kappa shape index (κ1) is 11.9. The zero-order valence-electron chi connectivity index (χ0n) is 9.57. The van der Waals surface area contributed by atoms with E-state index in [9.17, 15) is 9.82 Å². The second-order valence-corrected chi connectivity index (χ2v) is 3.91. The largest absolute Gasteiger partial charge is 0.563 e. The van der Waals surface area contributed by atoms with Gasteiger partial charge in [-0.05, 0) is 5.46 Å². The summed E-state index contributed by atoms with van der Waals surface area (Å²) in [5, 5.41) is 9.68. The zero-order valence-corrected chi connectivity index (χ0v) is 9.57. The third-order valence-corrected chi connectivity index (χ3v) is 2.74. The lowest BCUT2D eigenvalue weighted by Crippen LogP contribution is -2.56. The molecule has 0 unspecified atom stereocenters. The maximum Gasteiger partial charge on any atom is 0.563 e. The molecule has 0 aromatic heterocycles. The molecule has 5 nitrogen and oxygen atoms in total. The number of likely N-dealkylation sites (tertiary alicyclic amines) is 1. The summed E-state index contributed by atoms with van der Waals surface area (Å²) in [5.74, 6) is 0. The van der Waals surface area contributed by atoms with E-state index in [1.54, 1.807) is 31.4 Å². The Morgan fingerprint density at radius 3 is 2.65 bits per heavy atom. The summed E-state index contributed by atoms with van der Waals surface area (Å²) in [5.41, 5.74) is 0.560. The Bertz CT molecular complexity index is 380. The van der Waals surface area contributed by atoms with Crippen LogP contribution in [0.5, 0.6) is 0 Å². The van der Waals surface area contributed by atoms with Crippen molar-refractivity contribution in [1.82, 2.24) is 4.90 Å². The van der Waals surface area contributed by atoms with E-state index in [1.807, 2.05) is 6.07 Å². The van der Waals surface area contributed by atoms with Gasteiger partial charge in [-0.25, -0.2) is 4.79 Å². The predicted octanol–water partition coefficient (Wildman–Crippen LogP) is -0.159. The average Bonchev–Trinajstić information content (AvgIpc) is 2.28. The van der Waals surface area contributed by atoms with Gasteiger partial charge in [0.15, 0.2) is 0 Å². The van der Waals surface area contributed by atoms with Crippen LogP contribution in [-0.2, 0) is 9.39 Å². The summed E-state index contributed by atoms with van der Waals surface area (Å²) < 4.78 is 9.96. The van der Waals surface area contributed by atoms with E-state index < -0.39 is 13.2 Å². The fourth-order valence-electron chi connectivity index (χ4n) is 1.59. The van der Waals surface area contributed by atoms with Gasteiger partial charge in [-0.3, -0.25) is 0 Å². The van der Waals surface area contributed by atoms with Gasteiger partial charge in [0, 0.05) is 7.11 Å². The first-order valence-corrected chi connectivity index (χ1v) is 5.42. The van der Waals surface area contributed by atoms with Crippen molar-refractivity contribution in [2.75, 3.05) is 20.2 Å². The fourth-order valence-corrected chi connectivity index (χ4v) is 1.59. The molecule has 1 saturated heterocycles. The Balaban J connectivity index is 1.83. The van der Waals surface area contributed by atoms with Crippen LogP contribution in [0.2, 0.25) is 0 Å². The molecule has 1 N–H and O–H groups in total. The number of ether oxygens (including phenoxy) is 1. The van der Waals surface area contributed by atoms with E-state index in [4.69, 9.17) is 9.39 Å². The highest BCUT2D eigenvalue weighted by atomic mass is 16.6. The topological polar surface area (TPSA) is 59.0 Å². The number of methoxy groups -OCH3 is 1. The van der Waals surface area contributed by atoms with Crippen molar-refractivity contribution in [2.45, 2.75) is 6.10 Å². The quantitative estimate of drug-likeness (QED) is 0.739. The maximum absolute atomic E-state index is 11.6. The Morgan fingerprint density at radius 2 is 2.06 bits per heavy atom. The second kappa shape index (κ2) is 5.20. The first-order chi connectivity index (χ1) is 8.20. The molecule has 1 aromatic rings. The van der Waals surface area contributed by atoms with Crippen LogP contribution in [0, 0.1) is 0 Å². The normalized spacial score (nSPS) is 15.3. The summed E-state index contributed by atoms with van der Waals surface area (Å²) in [6.07, 6.45) is -0.439. The number of nitrogens with zero attached hydrogens (tertiary/aromatic N) is 1. The van der Waals surface area contributed by atoms with E-state index in [2.05, 4.69) is 0 Å². The summed E-state index contributed by atoms with van der Waals surface area (Å²) in [6.45, 7) is 1.02. The van der Waals surface area contributed by atoms with Crippen molar-refractivity contribution in [2.24, 2.45) is 0 Å². The van der Waals surface area contributed by atoms with Crippen molar-refractivity contribution in [3.63, 3.8) is 0 Å². The van der Waals surface area contributed by atoms with E-state index in [-0.39, 0.29) is 6.10 Å². The van der Waals surface area contributed by atoms with Crippen molar-refractivity contribution in [3.05, 3.63) is 30.3 Å². The van der Waals surface area contributed by atoms with Gasteiger partial charge < -0.3 is 19.3 Å². The predicted molar refractivity (Wildman–Crippen MR) is 62.9 cm³/mol. The number of hydrogen-bond donors (Lipinski definition) is 1. The molecule has 6 heteroatoms. The molecule has 0 radical (unpaired) electrons. The number of benzene rings is 1. The van der Waals surface area contributed by atoms with Crippen LogP contribution in [0.4, 0.5) is 4.79 Å². The smallest absolute Gasteiger partial charge is 0.489 e. The molecule has 90 valence electrons. The molecule has 0 atom stereocenters.